The fourth-order valence-corrected chi connectivity index (χ4v) is 4.37. The van der Waals surface area contributed by atoms with Crippen molar-refractivity contribution in [1.29, 1.82) is 0 Å². The average molecular weight is 527 g/mol. The Balaban J connectivity index is 1.52. The van der Waals surface area contributed by atoms with E-state index in [2.05, 4.69) is 15.2 Å². The van der Waals surface area contributed by atoms with Crippen LogP contribution in [-0.2, 0) is 11.0 Å². The Bertz CT molecular complexity index is 1380. The zero-order valence-electron chi connectivity index (χ0n) is 20.4. The third-order valence-corrected chi connectivity index (χ3v) is 6.20. The summed E-state index contributed by atoms with van der Waals surface area (Å²) >= 11 is 0. The smallest absolute Gasteiger partial charge is 0.416 e. The summed E-state index contributed by atoms with van der Waals surface area (Å²) in [5.74, 6) is -0.585. The van der Waals surface area contributed by atoms with Crippen molar-refractivity contribution in [3.8, 4) is 11.1 Å². The first kappa shape index (κ1) is 26.6. The van der Waals surface area contributed by atoms with Gasteiger partial charge in [0.15, 0.2) is 5.78 Å². The second-order valence-electron chi connectivity index (χ2n) is 8.97. The highest BCUT2D eigenvalue weighted by atomic mass is 19.4. The van der Waals surface area contributed by atoms with Crippen molar-refractivity contribution in [3.63, 3.8) is 0 Å². The van der Waals surface area contributed by atoms with E-state index in [1.165, 1.54) is 6.92 Å². The molecule has 1 fully saturated rings. The number of nitrogens with zero attached hydrogens (tertiary/aromatic N) is 2. The average Bonchev–Trinajstić information content (AvgIpc) is 3.40. The van der Waals surface area contributed by atoms with E-state index in [0.29, 0.717) is 6.07 Å². The van der Waals surface area contributed by atoms with Gasteiger partial charge in [0.2, 0.25) is 5.91 Å². The summed E-state index contributed by atoms with van der Waals surface area (Å²) in [4.78, 5) is 43.2. The largest absolute Gasteiger partial charge is 0.465 e. The monoisotopic (exact) mass is 526 g/mol. The standard InChI is InChI=1S/C27H25F3N4O4/c1-16-11-21(33-26(37)38)22(14-20(16)27(28,29)30)32-25(36)15-23(35)19-6-4-5-17(12-19)18-7-8-31-24(13-18)34-9-2-3-10-34/h4-8,11-14,33H,2-3,9-10,15H2,1H3,(H,32,36)(H,37,38). The number of carboxylic acid groups (broad SMARTS) is 1. The minimum absolute atomic E-state index is 0.226. The molecule has 0 bridgehead atoms. The van der Waals surface area contributed by atoms with E-state index >= 15 is 0 Å². The number of hydrogen-bond acceptors (Lipinski definition) is 5. The zero-order valence-corrected chi connectivity index (χ0v) is 20.4. The summed E-state index contributed by atoms with van der Waals surface area (Å²) < 4.78 is 40.1. The number of pyridine rings is 1. The van der Waals surface area contributed by atoms with Crippen molar-refractivity contribution in [3.05, 3.63) is 71.4 Å². The van der Waals surface area contributed by atoms with Crippen LogP contribution in [0.2, 0.25) is 0 Å². The van der Waals surface area contributed by atoms with Gasteiger partial charge in [-0.05, 0) is 66.8 Å². The first-order chi connectivity index (χ1) is 18.0. The summed E-state index contributed by atoms with van der Waals surface area (Å²) in [5.41, 5.74) is -0.0453. The Morgan fingerprint density at radius 2 is 1.66 bits per heavy atom. The van der Waals surface area contributed by atoms with Crippen LogP contribution in [0.3, 0.4) is 0 Å². The molecule has 0 atom stereocenters. The van der Waals surface area contributed by atoms with Gasteiger partial charge in [0.05, 0.1) is 23.4 Å². The highest BCUT2D eigenvalue weighted by molar-refractivity contribution is 6.12. The lowest BCUT2D eigenvalue weighted by atomic mass is 10.0. The molecule has 1 aliphatic heterocycles. The maximum atomic E-state index is 13.4. The van der Waals surface area contributed by atoms with E-state index in [1.807, 2.05) is 23.5 Å². The van der Waals surface area contributed by atoms with Gasteiger partial charge in [-0.3, -0.25) is 14.9 Å². The Labute approximate surface area is 216 Å². The van der Waals surface area contributed by atoms with Crippen LogP contribution in [0.25, 0.3) is 11.1 Å². The Morgan fingerprint density at radius 1 is 0.974 bits per heavy atom. The van der Waals surface area contributed by atoms with Gasteiger partial charge in [-0.2, -0.15) is 13.2 Å². The quantitative estimate of drug-likeness (QED) is 0.258. The van der Waals surface area contributed by atoms with E-state index in [4.69, 9.17) is 5.11 Å². The van der Waals surface area contributed by atoms with Crippen LogP contribution >= 0.6 is 0 Å². The molecule has 1 aliphatic rings. The molecule has 2 aromatic carbocycles. The second-order valence-corrected chi connectivity index (χ2v) is 8.97. The number of carbonyl (C=O) groups is 3. The molecule has 1 aromatic heterocycles. The van der Waals surface area contributed by atoms with E-state index in [1.54, 1.807) is 24.4 Å². The third kappa shape index (κ3) is 6.28. The lowest BCUT2D eigenvalue weighted by Crippen LogP contribution is -2.20. The Kier molecular flexibility index (Phi) is 7.65. The first-order valence-electron chi connectivity index (χ1n) is 11.9. The normalized spacial score (nSPS) is 13.3. The molecule has 2 amide bonds. The molecule has 2 heterocycles. The van der Waals surface area contributed by atoms with Crippen LogP contribution in [0, 0.1) is 6.92 Å². The van der Waals surface area contributed by atoms with Crippen molar-refractivity contribution >= 4 is 35.0 Å². The molecule has 11 heteroatoms. The van der Waals surface area contributed by atoms with Crippen molar-refractivity contribution in [1.82, 2.24) is 4.98 Å². The van der Waals surface area contributed by atoms with Crippen LogP contribution in [0.4, 0.5) is 35.2 Å². The van der Waals surface area contributed by atoms with Crippen molar-refractivity contribution in [2.75, 3.05) is 28.6 Å². The Morgan fingerprint density at radius 3 is 2.34 bits per heavy atom. The van der Waals surface area contributed by atoms with Crippen molar-refractivity contribution < 1.29 is 32.7 Å². The van der Waals surface area contributed by atoms with Crippen LogP contribution in [0.1, 0.15) is 40.7 Å². The van der Waals surface area contributed by atoms with Crippen LogP contribution in [-0.4, -0.2) is 41.0 Å². The minimum atomic E-state index is -4.72. The number of halogens is 3. The predicted molar refractivity (Wildman–Crippen MR) is 137 cm³/mol. The van der Waals surface area contributed by atoms with Gasteiger partial charge in [0.25, 0.3) is 0 Å². The summed E-state index contributed by atoms with van der Waals surface area (Å²) in [7, 11) is 0. The molecule has 4 rings (SSSR count). The molecule has 198 valence electrons. The predicted octanol–water partition coefficient (Wildman–Crippen LogP) is 5.98. The van der Waals surface area contributed by atoms with Gasteiger partial charge >= 0.3 is 12.3 Å². The SMILES string of the molecule is Cc1cc(NC(=O)O)c(NC(=O)CC(=O)c2cccc(-c3ccnc(N4CCCC4)c3)c2)cc1C(F)(F)F. The van der Waals surface area contributed by atoms with E-state index in [0.717, 1.165) is 48.9 Å². The molecular formula is C27H25F3N4O4. The number of nitrogens with one attached hydrogen (secondary N) is 2. The van der Waals surface area contributed by atoms with Crippen molar-refractivity contribution in [2.24, 2.45) is 0 Å². The third-order valence-electron chi connectivity index (χ3n) is 6.20. The first-order valence-corrected chi connectivity index (χ1v) is 11.9. The number of alkyl halides is 3. The number of aryl methyl sites for hydroxylation is 1. The number of amides is 2. The van der Waals surface area contributed by atoms with E-state index in [9.17, 15) is 27.6 Å². The number of anilines is 3. The van der Waals surface area contributed by atoms with Gasteiger partial charge < -0.3 is 15.3 Å². The number of carbonyl (C=O) groups excluding carboxylic acids is 2. The summed E-state index contributed by atoms with van der Waals surface area (Å²) in [6.45, 7) is 3.04. The molecule has 0 spiro atoms. The van der Waals surface area contributed by atoms with Gasteiger partial charge in [0, 0.05) is 24.8 Å². The lowest BCUT2D eigenvalue weighted by molar-refractivity contribution is -0.138. The number of rotatable bonds is 7. The molecule has 38 heavy (non-hydrogen) atoms. The van der Waals surface area contributed by atoms with E-state index < -0.39 is 41.6 Å². The zero-order chi connectivity index (χ0) is 27.4. The van der Waals surface area contributed by atoms with Gasteiger partial charge in [-0.25, -0.2) is 9.78 Å². The molecule has 1 saturated heterocycles. The number of Topliss-reactive ketones (excluding diaryl/α,β-unsaturated/α-hetero) is 1. The number of aromatic nitrogens is 1. The minimum Gasteiger partial charge on any atom is -0.465 e. The molecule has 0 unspecified atom stereocenters. The maximum absolute atomic E-state index is 13.4. The number of hydrogen-bond donors (Lipinski definition) is 3. The van der Waals surface area contributed by atoms with Gasteiger partial charge in [-0.15, -0.1) is 0 Å². The topological polar surface area (TPSA) is 112 Å². The second kappa shape index (κ2) is 10.9. The molecule has 3 aromatic rings. The molecule has 0 radical (unpaired) electrons. The highest BCUT2D eigenvalue weighted by Crippen LogP contribution is 2.37. The van der Waals surface area contributed by atoms with E-state index in [-0.39, 0.29) is 16.8 Å². The molecule has 0 aliphatic carbocycles. The summed E-state index contributed by atoms with van der Waals surface area (Å²) in [5, 5.41) is 13.2. The van der Waals surface area contributed by atoms with Crippen LogP contribution < -0.4 is 15.5 Å². The fraction of sp³-hybridized carbons (Fsp3) is 0.259. The summed E-state index contributed by atoms with van der Waals surface area (Å²) in [6.07, 6.45) is -2.98. The van der Waals surface area contributed by atoms with Gasteiger partial charge in [-0.1, -0.05) is 18.2 Å². The number of benzene rings is 2. The molecule has 3 N–H and O–H groups in total. The maximum Gasteiger partial charge on any atom is 0.416 e. The lowest BCUT2D eigenvalue weighted by Gasteiger charge is -2.17. The van der Waals surface area contributed by atoms with Gasteiger partial charge in [0.1, 0.15) is 5.82 Å². The Hall–Kier alpha value is -4.41. The fourth-order valence-electron chi connectivity index (χ4n) is 4.37. The molecule has 0 saturated carbocycles. The summed E-state index contributed by atoms with van der Waals surface area (Å²) in [6, 6.07) is 12.1. The number of ketones is 1. The molecular weight excluding hydrogens is 501 g/mol. The molecule has 8 nitrogen and oxygen atoms in total. The van der Waals surface area contributed by atoms with Crippen LogP contribution in [0.5, 0.6) is 0 Å². The van der Waals surface area contributed by atoms with Crippen molar-refractivity contribution in [2.45, 2.75) is 32.4 Å². The highest BCUT2D eigenvalue weighted by Gasteiger charge is 2.33. The van der Waals surface area contributed by atoms with Crippen LogP contribution in [0.15, 0.2) is 54.7 Å².